The van der Waals surface area contributed by atoms with Crippen molar-refractivity contribution in [2.45, 2.75) is 89.4 Å². The van der Waals surface area contributed by atoms with E-state index < -0.39 is 0 Å². The fourth-order valence-electron chi connectivity index (χ4n) is 5.86. The molecule has 5 rings (SSSR count). The predicted molar refractivity (Wildman–Crippen MR) is 133 cm³/mol. The second kappa shape index (κ2) is 10.4. The van der Waals surface area contributed by atoms with Gasteiger partial charge in [0.05, 0.1) is 12.5 Å². The number of rotatable bonds is 9. The minimum Gasteiger partial charge on any atom is -0.348 e. The fourth-order valence-corrected chi connectivity index (χ4v) is 6.75. The van der Waals surface area contributed by atoms with Crippen LogP contribution in [0.15, 0.2) is 12.1 Å². The molecule has 3 aromatic rings. The van der Waals surface area contributed by atoms with Crippen molar-refractivity contribution in [3.05, 3.63) is 39.4 Å². The maximum atomic E-state index is 12.7. The number of aryl methyl sites for hydroxylation is 1. The number of nitriles is 1. The van der Waals surface area contributed by atoms with Gasteiger partial charge in [0.15, 0.2) is 5.82 Å². The number of nitrogens with one attached hydrogen (secondary N) is 2. The highest BCUT2D eigenvalue weighted by Crippen LogP contribution is 2.42. The topological polar surface area (TPSA) is 141 Å². The van der Waals surface area contributed by atoms with Crippen molar-refractivity contribution in [3.8, 4) is 6.07 Å². The normalized spacial score (nSPS) is 22.6. The standard InChI is InChI=1S/C24H32N10OS/c1-14(2)24-30-27-15(3)34(24)18-10-16-4-5-17(11-18)33(16)9-8-20(21-7-6-19(13-25)36-21)26-23(35)12-22-28-31-32-29-22/h6-7,14,16-18,20H,4-5,8-12H2,1-3H3,(H,26,35)(H,28,29,31,32)/t16-,17+,18?,20-/m0/s1. The summed E-state index contributed by atoms with van der Waals surface area (Å²) in [5, 5.41) is 35.0. The summed E-state index contributed by atoms with van der Waals surface area (Å²) in [6.45, 7) is 7.32. The molecule has 2 saturated heterocycles. The molecule has 2 aliphatic heterocycles. The molecule has 2 aliphatic rings. The number of thiophene rings is 1. The van der Waals surface area contributed by atoms with Gasteiger partial charge < -0.3 is 9.88 Å². The Labute approximate surface area is 214 Å². The zero-order chi connectivity index (χ0) is 25.2. The van der Waals surface area contributed by atoms with Crippen molar-refractivity contribution >= 4 is 17.2 Å². The molecule has 0 aliphatic carbocycles. The maximum Gasteiger partial charge on any atom is 0.228 e. The first-order valence-corrected chi connectivity index (χ1v) is 13.4. The maximum absolute atomic E-state index is 12.7. The minimum atomic E-state index is -0.165. The molecule has 0 radical (unpaired) electrons. The number of tetrazole rings is 1. The zero-order valence-corrected chi connectivity index (χ0v) is 21.7. The van der Waals surface area contributed by atoms with E-state index in [0.29, 0.717) is 34.7 Å². The van der Waals surface area contributed by atoms with Crippen LogP contribution in [0.3, 0.4) is 0 Å². The number of H-pyrrole nitrogens is 1. The van der Waals surface area contributed by atoms with E-state index in [0.717, 1.165) is 42.3 Å². The van der Waals surface area contributed by atoms with Gasteiger partial charge in [0.1, 0.15) is 22.6 Å². The van der Waals surface area contributed by atoms with Crippen LogP contribution in [0.2, 0.25) is 0 Å². The molecule has 1 unspecified atom stereocenters. The lowest BCUT2D eigenvalue weighted by atomic mass is 9.95. The van der Waals surface area contributed by atoms with Crippen molar-refractivity contribution in [2.24, 2.45) is 0 Å². The third-order valence-electron chi connectivity index (χ3n) is 7.43. The number of carbonyl (C=O) groups is 1. The molecule has 4 atom stereocenters. The van der Waals surface area contributed by atoms with Crippen LogP contribution in [0.25, 0.3) is 0 Å². The van der Waals surface area contributed by atoms with Crippen LogP contribution < -0.4 is 5.32 Å². The first kappa shape index (κ1) is 24.5. The van der Waals surface area contributed by atoms with E-state index in [-0.39, 0.29) is 18.4 Å². The summed E-state index contributed by atoms with van der Waals surface area (Å²) < 4.78 is 2.38. The van der Waals surface area contributed by atoms with Crippen LogP contribution in [-0.2, 0) is 11.2 Å². The highest BCUT2D eigenvalue weighted by atomic mass is 32.1. The van der Waals surface area contributed by atoms with Crippen molar-refractivity contribution in [3.63, 3.8) is 0 Å². The third-order valence-corrected chi connectivity index (χ3v) is 8.54. The lowest BCUT2D eigenvalue weighted by Gasteiger charge is -2.40. The van der Waals surface area contributed by atoms with Gasteiger partial charge >= 0.3 is 0 Å². The van der Waals surface area contributed by atoms with E-state index in [9.17, 15) is 10.1 Å². The van der Waals surface area contributed by atoms with E-state index in [1.807, 2.05) is 12.1 Å². The Morgan fingerprint density at radius 3 is 2.64 bits per heavy atom. The molecule has 1 amide bonds. The smallest absolute Gasteiger partial charge is 0.228 e. The molecule has 5 heterocycles. The van der Waals surface area contributed by atoms with Gasteiger partial charge in [-0.25, -0.2) is 0 Å². The van der Waals surface area contributed by atoms with Crippen LogP contribution >= 0.6 is 11.3 Å². The number of hydrogen-bond acceptors (Lipinski definition) is 9. The molecule has 3 aromatic heterocycles. The summed E-state index contributed by atoms with van der Waals surface area (Å²) in [6.07, 6.45) is 5.45. The van der Waals surface area contributed by atoms with E-state index in [1.165, 1.54) is 24.2 Å². The van der Waals surface area contributed by atoms with Gasteiger partial charge in [0, 0.05) is 35.5 Å². The van der Waals surface area contributed by atoms with Crippen molar-refractivity contribution in [1.82, 2.24) is 45.6 Å². The molecule has 2 bridgehead atoms. The molecular formula is C24H32N10OS. The highest BCUT2D eigenvalue weighted by Gasteiger charge is 2.42. The largest absolute Gasteiger partial charge is 0.348 e. The van der Waals surface area contributed by atoms with E-state index >= 15 is 0 Å². The Bertz CT molecular complexity index is 1210. The van der Waals surface area contributed by atoms with Gasteiger partial charge in [-0.15, -0.1) is 31.7 Å². The van der Waals surface area contributed by atoms with Crippen LogP contribution in [0.1, 0.15) is 91.2 Å². The van der Waals surface area contributed by atoms with Crippen LogP contribution in [0.4, 0.5) is 0 Å². The lowest BCUT2D eigenvalue weighted by molar-refractivity contribution is -0.121. The average molecular weight is 509 g/mol. The second-order valence-electron chi connectivity index (χ2n) is 10.1. The van der Waals surface area contributed by atoms with Crippen molar-refractivity contribution in [1.29, 1.82) is 5.26 Å². The Balaban J connectivity index is 1.26. The monoisotopic (exact) mass is 508 g/mol. The molecule has 190 valence electrons. The molecule has 2 fully saturated rings. The van der Waals surface area contributed by atoms with Crippen molar-refractivity contribution in [2.75, 3.05) is 6.54 Å². The average Bonchev–Trinajstić information content (AvgIpc) is 3.64. The number of piperidine rings is 1. The summed E-state index contributed by atoms with van der Waals surface area (Å²) in [5.41, 5.74) is 0. The molecule has 36 heavy (non-hydrogen) atoms. The van der Waals surface area contributed by atoms with Crippen LogP contribution in [0.5, 0.6) is 0 Å². The summed E-state index contributed by atoms with van der Waals surface area (Å²) in [6, 6.07) is 7.29. The molecule has 0 aromatic carbocycles. The third kappa shape index (κ3) is 5.03. The Hall–Kier alpha value is -3.17. The number of fused-ring (bicyclic) bond motifs is 2. The van der Waals surface area contributed by atoms with E-state index in [2.05, 4.69) is 72.4 Å². The minimum absolute atomic E-state index is 0.0661. The Morgan fingerprint density at radius 2 is 2.00 bits per heavy atom. The lowest BCUT2D eigenvalue weighted by Crippen LogP contribution is -2.45. The van der Waals surface area contributed by atoms with E-state index in [4.69, 9.17) is 0 Å². The molecule has 0 saturated carbocycles. The predicted octanol–water partition coefficient (Wildman–Crippen LogP) is 2.81. The van der Waals surface area contributed by atoms with Gasteiger partial charge in [-0.3, -0.25) is 9.69 Å². The quantitative estimate of drug-likeness (QED) is 0.449. The Morgan fingerprint density at radius 1 is 1.22 bits per heavy atom. The van der Waals surface area contributed by atoms with Gasteiger partial charge in [-0.2, -0.15) is 10.5 Å². The van der Waals surface area contributed by atoms with E-state index in [1.54, 1.807) is 0 Å². The molecule has 12 heteroatoms. The molecule has 2 N–H and O–H groups in total. The first-order valence-electron chi connectivity index (χ1n) is 12.6. The number of aromatic amines is 1. The number of hydrogen-bond donors (Lipinski definition) is 2. The summed E-state index contributed by atoms with van der Waals surface area (Å²) in [7, 11) is 0. The zero-order valence-electron chi connectivity index (χ0n) is 20.9. The SMILES string of the molecule is Cc1nnc(C(C)C)n1C1C[C@H]2CC[C@@H](C1)N2CC[C@H](NC(=O)Cc1nn[nH]n1)c1ccc(C#N)s1. The Kier molecular flexibility index (Phi) is 7.11. The fraction of sp³-hybridized carbons (Fsp3) is 0.625. The second-order valence-corrected chi connectivity index (χ2v) is 11.2. The van der Waals surface area contributed by atoms with Crippen LogP contribution in [-0.4, -0.2) is 64.8 Å². The van der Waals surface area contributed by atoms with Gasteiger partial charge in [-0.1, -0.05) is 19.1 Å². The van der Waals surface area contributed by atoms with Gasteiger partial charge in [-0.05, 0) is 51.2 Å². The summed E-state index contributed by atoms with van der Waals surface area (Å²) in [4.78, 5) is 17.0. The number of amides is 1. The first-order chi connectivity index (χ1) is 17.4. The number of aromatic nitrogens is 7. The van der Waals surface area contributed by atoms with Crippen LogP contribution in [0, 0.1) is 18.3 Å². The summed E-state index contributed by atoms with van der Waals surface area (Å²) >= 11 is 1.44. The molecule has 0 spiro atoms. The summed E-state index contributed by atoms with van der Waals surface area (Å²) in [5.74, 6) is 2.65. The number of carbonyl (C=O) groups excluding carboxylic acids is 1. The van der Waals surface area contributed by atoms with Gasteiger partial charge in [0.25, 0.3) is 0 Å². The molecular weight excluding hydrogens is 476 g/mol. The van der Waals surface area contributed by atoms with Gasteiger partial charge in [0.2, 0.25) is 5.91 Å². The number of nitrogens with zero attached hydrogens (tertiary/aromatic N) is 8. The molecule has 11 nitrogen and oxygen atoms in total. The highest BCUT2D eigenvalue weighted by molar-refractivity contribution is 7.12. The van der Waals surface area contributed by atoms with Crippen molar-refractivity contribution < 1.29 is 4.79 Å².